The van der Waals surface area contributed by atoms with Crippen molar-refractivity contribution in [2.45, 2.75) is 19.9 Å². The van der Waals surface area contributed by atoms with Crippen molar-refractivity contribution in [3.63, 3.8) is 0 Å². The van der Waals surface area contributed by atoms with Gasteiger partial charge in [0.15, 0.2) is 0 Å². The van der Waals surface area contributed by atoms with Crippen molar-refractivity contribution in [2.24, 2.45) is 0 Å². The van der Waals surface area contributed by atoms with Crippen molar-refractivity contribution >= 4 is 11.8 Å². The Labute approximate surface area is 100 Å². The van der Waals surface area contributed by atoms with Crippen molar-refractivity contribution in [2.75, 3.05) is 24.7 Å². The van der Waals surface area contributed by atoms with E-state index in [-0.39, 0.29) is 11.6 Å². The number of rotatable bonds is 2. The number of nitrogens with zero attached hydrogens (tertiary/aromatic N) is 2. The highest BCUT2D eigenvalue weighted by Gasteiger charge is 2.21. The molecule has 1 aromatic heterocycles. The molecule has 0 aliphatic carbocycles. The maximum Gasteiger partial charge on any atom is 0.335 e. The Balaban J connectivity index is 2.33. The molecule has 1 saturated heterocycles. The van der Waals surface area contributed by atoms with Crippen LogP contribution in [0.3, 0.4) is 0 Å². The van der Waals surface area contributed by atoms with Crippen LogP contribution in [0.4, 0.5) is 5.82 Å². The van der Waals surface area contributed by atoms with Crippen LogP contribution < -0.4 is 4.90 Å². The van der Waals surface area contributed by atoms with E-state index >= 15 is 0 Å². The van der Waals surface area contributed by atoms with E-state index in [0.29, 0.717) is 13.2 Å². The average molecular weight is 236 g/mol. The molecule has 1 aromatic rings. The zero-order chi connectivity index (χ0) is 12.4. The lowest BCUT2D eigenvalue weighted by Crippen LogP contribution is -2.44. The highest BCUT2D eigenvalue weighted by molar-refractivity contribution is 5.88. The van der Waals surface area contributed by atoms with Crippen molar-refractivity contribution in [3.8, 4) is 0 Å². The van der Waals surface area contributed by atoms with E-state index in [1.165, 1.54) is 0 Å². The van der Waals surface area contributed by atoms with E-state index in [9.17, 15) is 4.79 Å². The lowest BCUT2D eigenvalue weighted by molar-refractivity contribution is 0.0696. The van der Waals surface area contributed by atoms with Crippen LogP contribution in [0, 0.1) is 6.92 Å². The Hall–Kier alpha value is -1.62. The number of carboxylic acid groups (broad SMARTS) is 1. The number of carbonyl (C=O) groups is 1. The van der Waals surface area contributed by atoms with Gasteiger partial charge in [-0.05, 0) is 26.0 Å². The highest BCUT2D eigenvalue weighted by atomic mass is 16.5. The van der Waals surface area contributed by atoms with Crippen molar-refractivity contribution in [1.29, 1.82) is 0 Å². The quantitative estimate of drug-likeness (QED) is 0.839. The standard InChI is InChI=1S/C12H16N2O3/c1-8-5-10(12(15)16)6-11(13-8)14-3-4-17-7-9(14)2/h5-6,9H,3-4,7H2,1-2H3,(H,15,16). The minimum absolute atomic E-state index is 0.222. The molecule has 92 valence electrons. The summed E-state index contributed by atoms with van der Waals surface area (Å²) in [5, 5.41) is 9.03. The number of ether oxygens (including phenoxy) is 1. The fourth-order valence-electron chi connectivity index (χ4n) is 1.99. The third kappa shape index (κ3) is 2.55. The first-order valence-corrected chi connectivity index (χ1v) is 5.64. The molecule has 2 rings (SSSR count). The zero-order valence-corrected chi connectivity index (χ0v) is 10.0. The first-order valence-electron chi connectivity index (χ1n) is 5.64. The topological polar surface area (TPSA) is 62.7 Å². The number of aromatic nitrogens is 1. The predicted octanol–water partition coefficient (Wildman–Crippen LogP) is 1.31. The van der Waals surface area contributed by atoms with E-state index in [2.05, 4.69) is 9.88 Å². The van der Waals surface area contributed by atoms with Gasteiger partial charge in [0.05, 0.1) is 24.8 Å². The number of anilines is 1. The predicted molar refractivity (Wildman–Crippen MR) is 63.6 cm³/mol. The molecule has 1 aliphatic heterocycles. The minimum atomic E-state index is -0.919. The van der Waals surface area contributed by atoms with Gasteiger partial charge in [-0.2, -0.15) is 0 Å². The van der Waals surface area contributed by atoms with Crippen LogP contribution in [0.5, 0.6) is 0 Å². The summed E-state index contributed by atoms with van der Waals surface area (Å²) in [6.07, 6.45) is 0. The molecule has 0 spiro atoms. The van der Waals surface area contributed by atoms with Gasteiger partial charge < -0.3 is 14.7 Å². The van der Waals surface area contributed by atoms with E-state index in [0.717, 1.165) is 18.1 Å². The normalized spacial score (nSPS) is 20.4. The molecule has 5 nitrogen and oxygen atoms in total. The van der Waals surface area contributed by atoms with Gasteiger partial charge in [0.1, 0.15) is 5.82 Å². The summed E-state index contributed by atoms with van der Waals surface area (Å²) in [5.74, 6) is -0.198. The number of aromatic carboxylic acids is 1. The number of hydrogen-bond donors (Lipinski definition) is 1. The number of carboxylic acids is 1. The molecule has 2 heterocycles. The van der Waals surface area contributed by atoms with E-state index in [4.69, 9.17) is 9.84 Å². The maximum absolute atomic E-state index is 11.0. The molecule has 5 heteroatoms. The number of hydrogen-bond acceptors (Lipinski definition) is 4. The SMILES string of the molecule is Cc1cc(C(=O)O)cc(N2CCOCC2C)n1. The monoisotopic (exact) mass is 236 g/mol. The second-order valence-corrected chi connectivity index (χ2v) is 4.28. The van der Waals surface area contributed by atoms with Crippen LogP contribution in [0.1, 0.15) is 23.0 Å². The van der Waals surface area contributed by atoms with Crippen molar-refractivity contribution in [3.05, 3.63) is 23.4 Å². The van der Waals surface area contributed by atoms with E-state index in [1.807, 2.05) is 6.92 Å². The Morgan fingerprint density at radius 3 is 3.00 bits per heavy atom. The maximum atomic E-state index is 11.0. The first kappa shape index (κ1) is 11.9. The number of aryl methyl sites for hydroxylation is 1. The summed E-state index contributed by atoms with van der Waals surface area (Å²) in [7, 11) is 0. The molecule has 17 heavy (non-hydrogen) atoms. The smallest absolute Gasteiger partial charge is 0.335 e. The fraction of sp³-hybridized carbons (Fsp3) is 0.500. The van der Waals surface area contributed by atoms with Crippen LogP contribution >= 0.6 is 0 Å². The Morgan fingerprint density at radius 2 is 2.35 bits per heavy atom. The van der Waals surface area contributed by atoms with Crippen LogP contribution in [0.25, 0.3) is 0 Å². The van der Waals surface area contributed by atoms with Crippen LogP contribution in [0.15, 0.2) is 12.1 Å². The molecule has 0 amide bonds. The van der Waals surface area contributed by atoms with E-state index < -0.39 is 5.97 Å². The lowest BCUT2D eigenvalue weighted by Gasteiger charge is -2.34. The van der Waals surface area contributed by atoms with Gasteiger partial charge in [-0.15, -0.1) is 0 Å². The van der Waals surface area contributed by atoms with Gasteiger partial charge in [-0.3, -0.25) is 0 Å². The molecule has 1 aliphatic rings. The molecule has 0 bridgehead atoms. The third-order valence-electron chi connectivity index (χ3n) is 2.85. The van der Waals surface area contributed by atoms with Crippen LogP contribution in [-0.2, 0) is 4.74 Å². The average Bonchev–Trinajstić information content (AvgIpc) is 2.28. The van der Waals surface area contributed by atoms with Gasteiger partial charge >= 0.3 is 5.97 Å². The molecule has 1 N–H and O–H groups in total. The largest absolute Gasteiger partial charge is 0.478 e. The van der Waals surface area contributed by atoms with Gasteiger partial charge in [-0.25, -0.2) is 9.78 Å². The molecular weight excluding hydrogens is 220 g/mol. The van der Waals surface area contributed by atoms with Gasteiger partial charge in [0.25, 0.3) is 0 Å². The van der Waals surface area contributed by atoms with E-state index in [1.54, 1.807) is 19.1 Å². The summed E-state index contributed by atoms with van der Waals surface area (Å²) < 4.78 is 5.36. The van der Waals surface area contributed by atoms with Crippen LogP contribution in [-0.4, -0.2) is 41.9 Å². The summed E-state index contributed by atoms with van der Waals surface area (Å²) in [6.45, 7) is 5.90. The lowest BCUT2D eigenvalue weighted by atomic mass is 10.2. The molecule has 1 unspecified atom stereocenters. The summed E-state index contributed by atoms with van der Waals surface area (Å²) in [6, 6.07) is 3.42. The summed E-state index contributed by atoms with van der Waals surface area (Å²) in [5.41, 5.74) is 1.00. The molecular formula is C12H16N2O3. The minimum Gasteiger partial charge on any atom is -0.478 e. The number of morpholine rings is 1. The third-order valence-corrected chi connectivity index (χ3v) is 2.85. The highest BCUT2D eigenvalue weighted by Crippen LogP contribution is 2.19. The molecule has 0 saturated carbocycles. The zero-order valence-electron chi connectivity index (χ0n) is 10.0. The second-order valence-electron chi connectivity index (χ2n) is 4.28. The molecule has 1 fully saturated rings. The molecule has 0 aromatic carbocycles. The van der Waals surface area contributed by atoms with Crippen LogP contribution in [0.2, 0.25) is 0 Å². The molecule has 1 atom stereocenters. The fourth-order valence-corrected chi connectivity index (χ4v) is 1.99. The second kappa shape index (κ2) is 4.71. The molecule has 0 radical (unpaired) electrons. The Kier molecular flexibility index (Phi) is 3.28. The van der Waals surface area contributed by atoms with Gasteiger partial charge in [0, 0.05) is 12.2 Å². The summed E-state index contributed by atoms with van der Waals surface area (Å²) in [4.78, 5) is 17.5. The Morgan fingerprint density at radius 1 is 1.59 bits per heavy atom. The van der Waals surface area contributed by atoms with Crippen molar-refractivity contribution < 1.29 is 14.6 Å². The first-order chi connectivity index (χ1) is 8.08. The van der Waals surface area contributed by atoms with Crippen molar-refractivity contribution in [1.82, 2.24) is 4.98 Å². The van der Waals surface area contributed by atoms with Gasteiger partial charge in [0.2, 0.25) is 0 Å². The summed E-state index contributed by atoms with van der Waals surface area (Å²) >= 11 is 0. The Bertz CT molecular complexity index is 434. The van der Waals surface area contributed by atoms with Gasteiger partial charge in [-0.1, -0.05) is 0 Å². The number of pyridine rings is 1.